The molecule has 0 saturated heterocycles. The van der Waals surface area contributed by atoms with Crippen molar-refractivity contribution in [3.63, 3.8) is 0 Å². The third-order valence-corrected chi connectivity index (χ3v) is 7.15. The van der Waals surface area contributed by atoms with Gasteiger partial charge in [-0.25, -0.2) is 4.98 Å². The van der Waals surface area contributed by atoms with Crippen molar-refractivity contribution < 1.29 is 9.53 Å². The molecule has 1 aliphatic heterocycles. The SMILES string of the molecule is CC(C)(C)C(=O)N[C@H]1Cc2cc(Cl)ccc2-n2c(nnc2[C@H]2CC[C@H](Oc3ccccn3)CC2)C1. The molecule has 1 amide bonds. The quantitative estimate of drug-likeness (QED) is 0.550. The predicted octanol–water partition coefficient (Wildman–Crippen LogP) is 5.05. The number of carbonyl (C=O) groups excluding carboxylic acids is 1. The Labute approximate surface area is 211 Å². The smallest absolute Gasteiger partial charge is 0.225 e. The second-order valence-electron chi connectivity index (χ2n) is 10.7. The number of halogens is 1. The summed E-state index contributed by atoms with van der Waals surface area (Å²) in [5.74, 6) is 2.88. The zero-order valence-corrected chi connectivity index (χ0v) is 21.3. The minimum Gasteiger partial charge on any atom is -0.474 e. The molecule has 0 spiro atoms. The summed E-state index contributed by atoms with van der Waals surface area (Å²) in [6.07, 6.45) is 7.08. The van der Waals surface area contributed by atoms with Crippen molar-refractivity contribution >= 4 is 17.5 Å². The molecule has 5 rings (SSSR count). The van der Waals surface area contributed by atoms with Gasteiger partial charge in [-0.15, -0.1) is 10.2 Å². The van der Waals surface area contributed by atoms with Gasteiger partial charge in [-0.05, 0) is 61.9 Å². The van der Waals surface area contributed by atoms with Gasteiger partial charge in [0.2, 0.25) is 11.8 Å². The first-order chi connectivity index (χ1) is 16.8. The standard InChI is InChI=1S/C27H32ClN5O2/c1-27(2,3)26(34)30-20-15-18-14-19(28)9-12-22(18)33-23(16-20)31-32-25(33)17-7-10-21(11-8-17)35-24-6-4-5-13-29-24/h4-6,9,12-14,17,20-21H,7-8,10-11,15-16H2,1-3H3,(H,30,34)/t17-,20-,21-/m0/s1. The fourth-order valence-corrected chi connectivity index (χ4v) is 5.21. The molecule has 0 unspecified atom stereocenters. The summed E-state index contributed by atoms with van der Waals surface area (Å²) in [5, 5.41) is 13.2. The summed E-state index contributed by atoms with van der Waals surface area (Å²) in [4.78, 5) is 17.0. The van der Waals surface area contributed by atoms with Crippen LogP contribution in [0.15, 0.2) is 42.6 Å². The number of pyridine rings is 1. The van der Waals surface area contributed by atoms with Crippen molar-refractivity contribution in [3.8, 4) is 11.6 Å². The maximum Gasteiger partial charge on any atom is 0.225 e. The zero-order valence-electron chi connectivity index (χ0n) is 20.5. The van der Waals surface area contributed by atoms with Crippen LogP contribution in [-0.4, -0.2) is 37.8 Å². The van der Waals surface area contributed by atoms with Crippen molar-refractivity contribution in [1.29, 1.82) is 0 Å². The number of nitrogens with zero attached hydrogens (tertiary/aromatic N) is 4. The second kappa shape index (κ2) is 9.61. The van der Waals surface area contributed by atoms with E-state index in [1.54, 1.807) is 6.20 Å². The molecule has 1 fully saturated rings. The van der Waals surface area contributed by atoms with Crippen LogP contribution in [0.2, 0.25) is 5.02 Å². The van der Waals surface area contributed by atoms with Crippen molar-refractivity contribution in [2.45, 2.75) is 77.4 Å². The molecule has 8 heteroatoms. The van der Waals surface area contributed by atoms with Crippen LogP contribution < -0.4 is 10.1 Å². The molecule has 1 aliphatic carbocycles. The summed E-state index contributed by atoms with van der Waals surface area (Å²) in [7, 11) is 0. The first-order valence-electron chi connectivity index (χ1n) is 12.4. The summed E-state index contributed by atoms with van der Waals surface area (Å²) in [6.45, 7) is 5.79. The normalized spacial score (nSPS) is 22.0. The Bertz CT molecular complexity index is 1200. The Morgan fingerprint density at radius 1 is 1.09 bits per heavy atom. The molecular formula is C27H32ClN5O2. The van der Waals surface area contributed by atoms with Crippen LogP contribution in [0.4, 0.5) is 0 Å². The molecule has 3 aromatic rings. The highest BCUT2D eigenvalue weighted by Gasteiger charge is 2.33. The lowest BCUT2D eigenvalue weighted by Gasteiger charge is -2.28. The molecule has 2 aliphatic rings. The van der Waals surface area contributed by atoms with E-state index in [0.717, 1.165) is 48.6 Å². The Balaban J connectivity index is 1.39. The van der Waals surface area contributed by atoms with E-state index in [2.05, 4.69) is 31.1 Å². The number of ether oxygens (including phenoxy) is 1. The third-order valence-electron chi connectivity index (χ3n) is 6.91. The number of carbonyl (C=O) groups is 1. The van der Waals surface area contributed by atoms with E-state index in [1.807, 2.05) is 51.1 Å². The van der Waals surface area contributed by atoms with E-state index in [0.29, 0.717) is 29.7 Å². The van der Waals surface area contributed by atoms with Crippen LogP contribution in [0.3, 0.4) is 0 Å². The van der Waals surface area contributed by atoms with Crippen molar-refractivity contribution in [2.75, 3.05) is 0 Å². The van der Waals surface area contributed by atoms with Gasteiger partial charge >= 0.3 is 0 Å². The van der Waals surface area contributed by atoms with Crippen molar-refractivity contribution in [2.24, 2.45) is 5.41 Å². The number of hydrogen-bond acceptors (Lipinski definition) is 5. The Kier molecular flexibility index (Phi) is 6.53. The maximum atomic E-state index is 12.8. The third kappa shape index (κ3) is 5.20. The van der Waals surface area contributed by atoms with Crippen LogP contribution in [-0.2, 0) is 17.6 Å². The van der Waals surface area contributed by atoms with E-state index in [-0.39, 0.29) is 18.1 Å². The molecule has 2 aromatic heterocycles. The van der Waals surface area contributed by atoms with Crippen LogP contribution in [0.1, 0.15) is 69.6 Å². The van der Waals surface area contributed by atoms with Gasteiger partial charge in [0.25, 0.3) is 0 Å². The highest BCUT2D eigenvalue weighted by Crippen LogP contribution is 2.37. The molecule has 35 heavy (non-hydrogen) atoms. The molecule has 1 N–H and O–H groups in total. The topological polar surface area (TPSA) is 81.9 Å². The fourth-order valence-electron chi connectivity index (χ4n) is 5.01. The number of rotatable bonds is 4. The number of hydrogen-bond donors (Lipinski definition) is 1. The molecule has 7 nitrogen and oxygen atoms in total. The average molecular weight is 494 g/mol. The van der Waals surface area contributed by atoms with E-state index in [9.17, 15) is 4.79 Å². The Morgan fingerprint density at radius 3 is 2.60 bits per heavy atom. The van der Waals surface area contributed by atoms with Crippen molar-refractivity contribution in [1.82, 2.24) is 25.1 Å². The maximum absolute atomic E-state index is 12.8. The highest BCUT2D eigenvalue weighted by atomic mass is 35.5. The molecule has 0 radical (unpaired) electrons. The zero-order chi connectivity index (χ0) is 24.6. The molecule has 1 saturated carbocycles. The van der Waals surface area contributed by atoms with Gasteiger partial charge in [0.15, 0.2) is 0 Å². The summed E-state index contributed by atoms with van der Waals surface area (Å²) in [6, 6.07) is 11.6. The van der Waals surface area contributed by atoms with Crippen LogP contribution >= 0.6 is 11.6 Å². The summed E-state index contributed by atoms with van der Waals surface area (Å²) < 4.78 is 8.30. The van der Waals surface area contributed by atoms with Gasteiger partial charge in [0, 0.05) is 41.1 Å². The van der Waals surface area contributed by atoms with Gasteiger partial charge in [0.05, 0.1) is 5.69 Å². The number of aromatic nitrogens is 4. The van der Waals surface area contributed by atoms with E-state index in [1.165, 1.54) is 0 Å². The van der Waals surface area contributed by atoms with Gasteiger partial charge in [-0.3, -0.25) is 9.36 Å². The Morgan fingerprint density at radius 2 is 1.89 bits per heavy atom. The lowest BCUT2D eigenvalue weighted by atomic mass is 9.86. The van der Waals surface area contributed by atoms with Gasteiger partial charge in [-0.1, -0.05) is 38.4 Å². The lowest BCUT2D eigenvalue weighted by Crippen LogP contribution is -2.43. The van der Waals surface area contributed by atoms with Gasteiger partial charge in [-0.2, -0.15) is 0 Å². The van der Waals surface area contributed by atoms with E-state index >= 15 is 0 Å². The number of benzene rings is 1. The molecule has 184 valence electrons. The minimum absolute atomic E-state index is 0.0329. The molecular weight excluding hydrogens is 462 g/mol. The number of amides is 1. The van der Waals surface area contributed by atoms with E-state index < -0.39 is 5.41 Å². The fraction of sp³-hybridized carbons (Fsp3) is 0.481. The highest BCUT2D eigenvalue weighted by molar-refractivity contribution is 6.30. The molecule has 1 aromatic carbocycles. The van der Waals surface area contributed by atoms with Crippen LogP contribution in [0.25, 0.3) is 5.69 Å². The molecule has 3 heterocycles. The second-order valence-corrected chi connectivity index (χ2v) is 11.1. The van der Waals surface area contributed by atoms with Gasteiger partial charge < -0.3 is 10.1 Å². The lowest BCUT2D eigenvalue weighted by molar-refractivity contribution is -0.129. The van der Waals surface area contributed by atoms with Crippen molar-refractivity contribution in [3.05, 3.63) is 64.8 Å². The van der Waals surface area contributed by atoms with Gasteiger partial charge in [0.1, 0.15) is 17.8 Å². The molecule has 0 bridgehead atoms. The molecule has 1 atom stereocenters. The summed E-state index contributed by atoms with van der Waals surface area (Å²) in [5.41, 5.74) is 1.70. The number of nitrogens with one attached hydrogen (secondary N) is 1. The summed E-state index contributed by atoms with van der Waals surface area (Å²) >= 11 is 6.38. The number of fused-ring (bicyclic) bond motifs is 3. The van der Waals surface area contributed by atoms with Crippen LogP contribution in [0, 0.1) is 5.41 Å². The van der Waals surface area contributed by atoms with E-state index in [4.69, 9.17) is 16.3 Å². The predicted molar refractivity (Wildman–Crippen MR) is 135 cm³/mol. The monoisotopic (exact) mass is 493 g/mol. The largest absolute Gasteiger partial charge is 0.474 e. The minimum atomic E-state index is -0.460. The first-order valence-corrected chi connectivity index (χ1v) is 12.8. The average Bonchev–Trinajstić information content (AvgIpc) is 3.16. The Hall–Kier alpha value is -2.93. The van der Waals surface area contributed by atoms with Crippen LogP contribution in [0.5, 0.6) is 5.88 Å². The first kappa shape index (κ1) is 23.8.